The summed E-state index contributed by atoms with van der Waals surface area (Å²) in [6, 6.07) is 5.23. The van der Waals surface area contributed by atoms with E-state index in [9.17, 15) is 4.79 Å². The van der Waals surface area contributed by atoms with Crippen LogP contribution in [0.5, 0.6) is 11.5 Å². The number of hydrogen-bond donors (Lipinski definition) is 0. The molecule has 0 aliphatic rings. The molecular weight excluding hydrogens is 216 g/mol. The predicted molar refractivity (Wildman–Crippen MR) is 67.9 cm³/mol. The van der Waals surface area contributed by atoms with Gasteiger partial charge in [0.2, 0.25) is 0 Å². The molecule has 1 aromatic carbocycles. The van der Waals surface area contributed by atoms with Crippen LogP contribution in [0.25, 0.3) is 0 Å². The topological polar surface area (TPSA) is 35.5 Å². The van der Waals surface area contributed by atoms with Gasteiger partial charge in [-0.05, 0) is 45.0 Å². The first-order valence-electron chi connectivity index (χ1n) is 5.79. The molecule has 0 radical (unpaired) electrons. The molecule has 3 nitrogen and oxygen atoms in total. The fourth-order valence-corrected chi connectivity index (χ4v) is 1.45. The predicted octanol–water partition coefficient (Wildman–Crippen LogP) is 3.24. The molecule has 0 aliphatic carbocycles. The van der Waals surface area contributed by atoms with E-state index in [1.165, 1.54) is 6.08 Å². The molecule has 0 aliphatic heterocycles. The minimum atomic E-state index is -0.0310. The van der Waals surface area contributed by atoms with Crippen molar-refractivity contribution in [2.45, 2.75) is 20.8 Å². The van der Waals surface area contributed by atoms with Crippen LogP contribution in [0.2, 0.25) is 0 Å². The molecule has 0 fully saturated rings. The quantitative estimate of drug-likeness (QED) is 0.560. The van der Waals surface area contributed by atoms with Gasteiger partial charge in [-0.3, -0.25) is 4.79 Å². The first-order valence-corrected chi connectivity index (χ1v) is 5.79. The van der Waals surface area contributed by atoms with E-state index in [4.69, 9.17) is 9.47 Å². The van der Waals surface area contributed by atoms with Crippen LogP contribution in [0.15, 0.2) is 30.4 Å². The zero-order valence-corrected chi connectivity index (χ0v) is 10.5. The molecule has 0 heterocycles. The fourth-order valence-electron chi connectivity index (χ4n) is 1.45. The first kappa shape index (κ1) is 13.3. The van der Waals surface area contributed by atoms with Crippen LogP contribution in [0, 0.1) is 0 Å². The maximum atomic E-state index is 11.7. The molecule has 0 N–H and O–H groups in total. The van der Waals surface area contributed by atoms with Gasteiger partial charge >= 0.3 is 0 Å². The SMILES string of the molecule is C/C=C/C(=O)c1ccc(OCC)c(OCC)c1. The van der Waals surface area contributed by atoms with Crippen LogP contribution in [0.3, 0.4) is 0 Å². The lowest BCUT2D eigenvalue weighted by Gasteiger charge is -2.11. The van der Waals surface area contributed by atoms with Gasteiger partial charge in [-0.2, -0.15) is 0 Å². The summed E-state index contributed by atoms with van der Waals surface area (Å²) >= 11 is 0. The van der Waals surface area contributed by atoms with Crippen molar-refractivity contribution in [3.63, 3.8) is 0 Å². The van der Waals surface area contributed by atoms with Crippen molar-refractivity contribution >= 4 is 5.78 Å². The van der Waals surface area contributed by atoms with E-state index < -0.39 is 0 Å². The van der Waals surface area contributed by atoms with Crippen molar-refractivity contribution in [1.82, 2.24) is 0 Å². The molecule has 17 heavy (non-hydrogen) atoms. The standard InChI is InChI=1S/C14H18O3/c1-4-7-12(15)11-8-9-13(16-5-2)14(10-11)17-6-3/h4,7-10H,5-6H2,1-3H3/b7-4+. The number of ether oxygens (including phenoxy) is 2. The molecule has 0 saturated carbocycles. The summed E-state index contributed by atoms with van der Waals surface area (Å²) in [5.74, 6) is 1.26. The van der Waals surface area contributed by atoms with Gasteiger partial charge in [-0.25, -0.2) is 0 Å². The number of ketones is 1. The van der Waals surface area contributed by atoms with Gasteiger partial charge in [0.15, 0.2) is 17.3 Å². The van der Waals surface area contributed by atoms with Gasteiger partial charge < -0.3 is 9.47 Å². The van der Waals surface area contributed by atoms with Crippen LogP contribution in [-0.4, -0.2) is 19.0 Å². The maximum absolute atomic E-state index is 11.7. The van der Waals surface area contributed by atoms with Gasteiger partial charge in [-0.15, -0.1) is 0 Å². The van der Waals surface area contributed by atoms with Crippen molar-refractivity contribution in [3.05, 3.63) is 35.9 Å². The summed E-state index contributed by atoms with van der Waals surface area (Å²) in [6.07, 6.45) is 3.25. The van der Waals surface area contributed by atoms with Gasteiger partial charge in [0.1, 0.15) is 0 Å². The van der Waals surface area contributed by atoms with Crippen molar-refractivity contribution in [2.24, 2.45) is 0 Å². The van der Waals surface area contributed by atoms with Crippen LogP contribution in [-0.2, 0) is 0 Å². The lowest BCUT2D eigenvalue weighted by Crippen LogP contribution is -2.01. The molecule has 0 atom stereocenters. The zero-order chi connectivity index (χ0) is 12.7. The summed E-state index contributed by atoms with van der Waals surface area (Å²) in [7, 11) is 0. The van der Waals surface area contributed by atoms with E-state index in [-0.39, 0.29) is 5.78 Å². The Morgan fingerprint density at radius 3 is 2.41 bits per heavy atom. The van der Waals surface area contributed by atoms with Gasteiger partial charge in [-0.1, -0.05) is 6.08 Å². The third kappa shape index (κ3) is 3.63. The summed E-state index contributed by atoms with van der Waals surface area (Å²) in [5, 5.41) is 0. The van der Waals surface area contributed by atoms with E-state index in [1.807, 2.05) is 20.8 Å². The van der Waals surface area contributed by atoms with E-state index >= 15 is 0 Å². The Hall–Kier alpha value is -1.77. The highest BCUT2D eigenvalue weighted by Gasteiger charge is 2.09. The Morgan fingerprint density at radius 1 is 1.18 bits per heavy atom. The average molecular weight is 234 g/mol. The highest BCUT2D eigenvalue weighted by atomic mass is 16.5. The van der Waals surface area contributed by atoms with Crippen molar-refractivity contribution in [3.8, 4) is 11.5 Å². The Labute approximate surface area is 102 Å². The van der Waals surface area contributed by atoms with Crippen molar-refractivity contribution in [2.75, 3.05) is 13.2 Å². The second-order valence-electron chi connectivity index (χ2n) is 3.39. The number of allylic oxidation sites excluding steroid dienone is 2. The number of rotatable bonds is 6. The van der Waals surface area contributed by atoms with Crippen LogP contribution < -0.4 is 9.47 Å². The second kappa shape index (κ2) is 6.74. The Morgan fingerprint density at radius 2 is 1.82 bits per heavy atom. The number of carbonyl (C=O) groups excluding carboxylic acids is 1. The maximum Gasteiger partial charge on any atom is 0.185 e. The highest BCUT2D eigenvalue weighted by molar-refractivity contribution is 6.04. The highest BCUT2D eigenvalue weighted by Crippen LogP contribution is 2.28. The monoisotopic (exact) mass is 234 g/mol. The summed E-state index contributed by atoms with van der Waals surface area (Å²) < 4.78 is 10.9. The molecule has 3 heteroatoms. The molecule has 0 bridgehead atoms. The normalized spacial score (nSPS) is 10.5. The largest absolute Gasteiger partial charge is 0.490 e. The zero-order valence-electron chi connectivity index (χ0n) is 10.5. The molecule has 0 amide bonds. The summed E-state index contributed by atoms with van der Waals surface area (Å²) in [6.45, 7) is 6.74. The first-order chi connectivity index (χ1) is 8.22. The second-order valence-corrected chi connectivity index (χ2v) is 3.39. The smallest absolute Gasteiger partial charge is 0.185 e. The average Bonchev–Trinajstić information content (AvgIpc) is 2.32. The lowest BCUT2D eigenvalue weighted by atomic mass is 10.1. The van der Waals surface area contributed by atoms with E-state index in [1.54, 1.807) is 24.3 Å². The number of benzene rings is 1. The van der Waals surface area contributed by atoms with E-state index in [2.05, 4.69) is 0 Å². The van der Waals surface area contributed by atoms with Crippen LogP contribution in [0.4, 0.5) is 0 Å². The molecule has 92 valence electrons. The number of carbonyl (C=O) groups is 1. The van der Waals surface area contributed by atoms with E-state index in [0.717, 1.165) is 0 Å². The van der Waals surface area contributed by atoms with Crippen molar-refractivity contribution in [1.29, 1.82) is 0 Å². The molecular formula is C14H18O3. The minimum absolute atomic E-state index is 0.0310. The molecule has 0 spiro atoms. The van der Waals surface area contributed by atoms with Crippen molar-refractivity contribution < 1.29 is 14.3 Å². The number of hydrogen-bond acceptors (Lipinski definition) is 3. The molecule has 1 aromatic rings. The molecule has 0 saturated heterocycles. The minimum Gasteiger partial charge on any atom is -0.490 e. The fraction of sp³-hybridized carbons (Fsp3) is 0.357. The Bertz CT molecular complexity index is 408. The van der Waals surface area contributed by atoms with Crippen LogP contribution >= 0.6 is 0 Å². The van der Waals surface area contributed by atoms with Gasteiger partial charge in [0, 0.05) is 5.56 Å². The third-order valence-corrected chi connectivity index (χ3v) is 2.15. The van der Waals surface area contributed by atoms with Gasteiger partial charge in [0.25, 0.3) is 0 Å². The van der Waals surface area contributed by atoms with Crippen LogP contribution in [0.1, 0.15) is 31.1 Å². The summed E-state index contributed by atoms with van der Waals surface area (Å²) in [4.78, 5) is 11.7. The van der Waals surface area contributed by atoms with Gasteiger partial charge in [0.05, 0.1) is 13.2 Å². The van der Waals surface area contributed by atoms with E-state index in [0.29, 0.717) is 30.3 Å². The Balaban J connectivity index is 3.04. The lowest BCUT2D eigenvalue weighted by molar-refractivity contribution is 0.104. The molecule has 0 aromatic heterocycles. The Kier molecular flexibility index (Phi) is 5.27. The summed E-state index contributed by atoms with van der Waals surface area (Å²) in [5.41, 5.74) is 0.606. The third-order valence-electron chi connectivity index (χ3n) is 2.15. The molecule has 0 unspecified atom stereocenters. The molecule has 1 rings (SSSR count).